The third-order valence-electron chi connectivity index (χ3n) is 6.47. The predicted molar refractivity (Wildman–Crippen MR) is 107 cm³/mol. The number of aliphatic hydroxyl groups excluding tert-OH is 1. The van der Waals surface area contributed by atoms with Crippen LogP contribution in [0.4, 0.5) is 0 Å². The third kappa shape index (κ3) is 2.37. The summed E-state index contributed by atoms with van der Waals surface area (Å²) in [5.41, 5.74) is -1.43. The van der Waals surface area contributed by atoms with Crippen molar-refractivity contribution in [3.63, 3.8) is 0 Å². The van der Waals surface area contributed by atoms with E-state index in [4.69, 9.17) is 16.3 Å². The van der Waals surface area contributed by atoms with Crippen LogP contribution in [-0.2, 0) is 11.2 Å². The molecule has 0 bridgehead atoms. The molecule has 2 aliphatic carbocycles. The number of aliphatic hydroxyl groups is 2. The summed E-state index contributed by atoms with van der Waals surface area (Å²) >= 11 is 6.13. The highest BCUT2D eigenvalue weighted by atomic mass is 35.5. The van der Waals surface area contributed by atoms with Crippen molar-refractivity contribution in [2.24, 2.45) is 11.8 Å². The van der Waals surface area contributed by atoms with E-state index in [9.17, 15) is 15.5 Å². The van der Waals surface area contributed by atoms with E-state index in [1.54, 1.807) is 30.3 Å². The number of halogens is 1. The van der Waals surface area contributed by atoms with E-state index in [2.05, 4.69) is 23.2 Å². The summed E-state index contributed by atoms with van der Waals surface area (Å²) in [6.07, 6.45) is 9.71. The van der Waals surface area contributed by atoms with Crippen LogP contribution in [0.1, 0.15) is 29.7 Å². The molecule has 3 aliphatic rings. The van der Waals surface area contributed by atoms with Crippen LogP contribution in [0, 0.1) is 23.2 Å². The highest BCUT2D eigenvalue weighted by Gasteiger charge is 2.74. The monoisotopic (exact) mass is 406 g/mol. The van der Waals surface area contributed by atoms with E-state index in [1.807, 2.05) is 12.2 Å². The number of hydrogen-bond donors (Lipinski definition) is 2. The summed E-state index contributed by atoms with van der Waals surface area (Å²) < 4.78 is 6.50. The number of nitrogens with zero attached hydrogens (tertiary/aromatic N) is 2. The van der Waals surface area contributed by atoms with E-state index in [0.717, 1.165) is 6.42 Å². The van der Waals surface area contributed by atoms with Crippen LogP contribution in [0.15, 0.2) is 60.8 Å². The van der Waals surface area contributed by atoms with Gasteiger partial charge in [-0.2, -0.15) is 5.26 Å². The summed E-state index contributed by atoms with van der Waals surface area (Å²) in [4.78, 5) is 4.36. The molecule has 1 aromatic carbocycles. The Balaban J connectivity index is 1.74. The molecule has 29 heavy (non-hydrogen) atoms. The van der Waals surface area contributed by atoms with Gasteiger partial charge in [0.1, 0.15) is 11.4 Å². The minimum atomic E-state index is -1.72. The lowest BCUT2D eigenvalue weighted by atomic mass is 9.69. The summed E-state index contributed by atoms with van der Waals surface area (Å²) in [6, 6.07) is 10.7. The lowest BCUT2D eigenvalue weighted by Crippen LogP contribution is -2.53. The number of fused-ring (bicyclic) bond motifs is 3. The van der Waals surface area contributed by atoms with Crippen LogP contribution in [0.2, 0.25) is 5.02 Å². The van der Waals surface area contributed by atoms with Gasteiger partial charge in [-0.15, -0.1) is 0 Å². The largest absolute Gasteiger partial charge is 0.477 e. The van der Waals surface area contributed by atoms with Crippen molar-refractivity contribution in [1.82, 2.24) is 4.98 Å². The number of nitriles is 1. The smallest absolute Gasteiger partial charge is 0.180 e. The first-order chi connectivity index (χ1) is 14.0. The highest BCUT2D eigenvalue weighted by molar-refractivity contribution is 6.30. The Hall–Kier alpha value is -2.65. The van der Waals surface area contributed by atoms with Gasteiger partial charge in [0.25, 0.3) is 0 Å². The van der Waals surface area contributed by atoms with Gasteiger partial charge < -0.3 is 14.9 Å². The molecule has 1 unspecified atom stereocenters. The maximum atomic E-state index is 12.0. The van der Waals surface area contributed by atoms with Crippen LogP contribution < -0.4 is 4.74 Å². The van der Waals surface area contributed by atoms with Crippen molar-refractivity contribution in [3.8, 4) is 11.8 Å². The zero-order valence-corrected chi connectivity index (χ0v) is 16.3. The number of benzene rings is 1. The molecule has 5 rings (SSSR count). The SMILES string of the molecule is N#Cc1ccc([C@@]23Oc4cc(Cl)cnc4[C@]2(O)[C@H](O)C[C@H]3C2C=CC=CC2)cc1. The Morgan fingerprint density at radius 1 is 1.24 bits per heavy atom. The summed E-state index contributed by atoms with van der Waals surface area (Å²) in [5.74, 6) is 0.247. The maximum absolute atomic E-state index is 12.0. The summed E-state index contributed by atoms with van der Waals surface area (Å²) in [6.45, 7) is 0. The normalized spacial score (nSPS) is 34.3. The van der Waals surface area contributed by atoms with Gasteiger partial charge in [-0.25, -0.2) is 0 Å². The van der Waals surface area contributed by atoms with Crippen LogP contribution in [0.3, 0.4) is 0 Å². The van der Waals surface area contributed by atoms with E-state index in [0.29, 0.717) is 34.0 Å². The molecule has 5 nitrogen and oxygen atoms in total. The topological polar surface area (TPSA) is 86.4 Å². The van der Waals surface area contributed by atoms with Crippen LogP contribution in [-0.4, -0.2) is 21.3 Å². The zero-order valence-electron chi connectivity index (χ0n) is 15.5. The molecule has 1 fully saturated rings. The standard InChI is InChI=1S/C23H19ClN2O3/c24-17-10-19-21(26-13-17)22(28)20(27)11-18(15-4-2-1-3-5-15)23(22,29-19)16-8-6-14(12-25)7-9-16/h1-4,6-10,13,15,18,20,27-28H,5,11H2/t15?,18-,20+,22+,23-/m0/s1. The fourth-order valence-electron chi connectivity index (χ4n) is 5.21. The maximum Gasteiger partial charge on any atom is 0.180 e. The minimum absolute atomic E-state index is 0.0732. The third-order valence-corrected chi connectivity index (χ3v) is 6.68. The summed E-state index contributed by atoms with van der Waals surface area (Å²) in [7, 11) is 0. The molecule has 1 aliphatic heterocycles. The number of aromatic nitrogens is 1. The van der Waals surface area contributed by atoms with Crippen molar-refractivity contribution in [2.45, 2.75) is 30.1 Å². The van der Waals surface area contributed by atoms with Crippen molar-refractivity contribution in [1.29, 1.82) is 5.26 Å². The average molecular weight is 407 g/mol. The van der Waals surface area contributed by atoms with Crippen molar-refractivity contribution in [2.75, 3.05) is 0 Å². The van der Waals surface area contributed by atoms with Crippen LogP contribution >= 0.6 is 11.6 Å². The first-order valence-electron chi connectivity index (χ1n) is 9.60. The Morgan fingerprint density at radius 3 is 2.72 bits per heavy atom. The van der Waals surface area contributed by atoms with Crippen LogP contribution in [0.25, 0.3) is 0 Å². The Kier molecular flexibility index (Phi) is 4.08. The molecular weight excluding hydrogens is 388 g/mol. The summed E-state index contributed by atoms with van der Waals surface area (Å²) in [5, 5.41) is 32.7. The molecular formula is C23H19ClN2O3. The molecule has 2 heterocycles. The Labute approximate surface area is 173 Å². The molecule has 2 N–H and O–H groups in total. The first-order valence-corrected chi connectivity index (χ1v) is 9.98. The number of rotatable bonds is 2. The average Bonchev–Trinajstić information content (AvgIpc) is 3.14. The molecule has 6 heteroatoms. The number of hydrogen-bond acceptors (Lipinski definition) is 5. The van der Waals surface area contributed by atoms with Crippen molar-refractivity contribution in [3.05, 3.63) is 82.7 Å². The molecule has 1 saturated carbocycles. The van der Waals surface area contributed by atoms with Gasteiger partial charge in [-0.05, 0) is 36.5 Å². The quantitative estimate of drug-likeness (QED) is 0.795. The second-order valence-electron chi connectivity index (χ2n) is 7.86. The molecule has 1 aromatic heterocycles. The van der Waals surface area contributed by atoms with Gasteiger partial charge in [0.15, 0.2) is 11.2 Å². The highest BCUT2D eigenvalue weighted by Crippen LogP contribution is 2.65. The molecule has 146 valence electrons. The van der Waals surface area contributed by atoms with Gasteiger partial charge in [-0.1, -0.05) is 48.0 Å². The minimum Gasteiger partial charge on any atom is -0.477 e. The molecule has 0 radical (unpaired) electrons. The van der Waals surface area contributed by atoms with Gasteiger partial charge >= 0.3 is 0 Å². The van der Waals surface area contributed by atoms with Gasteiger partial charge in [0.05, 0.1) is 22.8 Å². The number of pyridine rings is 1. The molecule has 5 atom stereocenters. The Morgan fingerprint density at radius 2 is 2.03 bits per heavy atom. The first kappa shape index (κ1) is 18.4. The second-order valence-corrected chi connectivity index (χ2v) is 8.30. The Bertz CT molecular complexity index is 1070. The fraction of sp³-hybridized carbons (Fsp3) is 0.304. The molecule has 0 saturated heterocycles. The molecule has 2 aromatic rings. The number of ether oxygens (including phenoxy) is 1. The lowest BCUT2D eigenvalue weighted by molar-refractivity contribution is -0.161. The van der Waals surface area contributed by atoms with E-state index < -0.39 is 17.3 Å². The lowest BCUT2D eigenvalue weighted by Gasteiger charge is -2.42. The van der Waals surface area contributed by atoms with Gasteiger partial charge in [0.2, 0.25) is 0 Å². The second kappa shape index (κ2) is 6.43. The fourth-order valence-corrected chi connectivity index (χ4v) is 5.36. The van der Waals surface area contributed by atoms with Crippen molar-refractivity contribution < 1.29 is 14.9 Å². The van der Waals surface area contributed by atoms with Crippen LogP contribution in [0.5, 0.6) is 5.75 Å². The van der Waals surface area contributed by atoms with E-state index in [-0.39, 0.29) is 11.8 Å². The van der Waals surface area contributed by atoms with E-state index in [1.165, 1.54) is 6.20 Å². The van der Waals surface area contributed by atoms with Crippen molar-refractivity contribution >= 4 is 11.6 Å². The molecule has 0 spiro atoms. The number of allylic oxidation sites excluding steroid dienone is 4. The van der Waals surface area contributed by atoms with E-state index >= 15 is 0 Å². The predicted octanol–water partition coefficient (Wildman–Crippen LogP) is 3.60. The van der Waals surface area contributed by atoms with Gasteiger partial charge in [0, 0.05) is 18.2 Å². The molecule has 0 amide bonds. The zero-order chi connectivity index (χ0) is 20.2. The van der Waals surface area contributed by atoms with Gasteiger partial charge in [-0.3, -0.25) is 4.98 Å².